The van der Waals surface area contributed by atoms with E-state index < -0.39 is 0 Å². The monoisotopic (exact) mass is 713 g/mol. The van der Waals surface area contributed by atoms with Crippen molar-refractivity contribution in [3.05, 3.63) is 212 Å². The number of rotatable bonds is 6. The van der Waals surface area contributed by atoms with Crippen molar-refractivity contribution in [3.8, 4) is 33.4 Å². The molecule has 1 aromatic heterocycles. The Morgan fingerprint density at radius 1 is 0.304 bits per heavy atom. The molecule has 262 valence electrons. The molecule has 0 N–H and O–H groups in total. The maximum atomic E-state index is 6.43. The molecule has 0 bridgehead atoms. The van der Waals surface area contributed by atoms with E-state index in [1.807, 2.05) is 6.07 Å². The van der Waals surface area contributed by atoms with Crippen LogP contribution in [-0.4, -0.2) is 0 Å². The van der Waals surface area contributed by atoms with Crippen LogP contribution in [0.3, 0.4) is 0 Å². The second-order valence-electron chi connectivity index (χ2n) is 14.5. The molecule has 0 amide bonds. The van der Waals surface area contributed by atoms with Gasteiger partial charge in [0.15, 0.2) is 0 Å². The molecule has 11 rings (SSSR count). The second kappa shape index (κ2) is 13.2. The van der Waals surface area contributed by atoms with E-state index in [2.05, 4.69) is 211 Å². The van der Waals surface area contributed by atoms with Crippen LogP contribution in [0, 0.1) is 0 Å². The Balaban J connectivity index is 1.06. The first kappa shape index (κ1) is 32.0. The summed E-state index contributed by atoms with van der Waals surface area (Å²) >= 11 is 0. The molecule has 11 aromatic rings. The minimum absolute atomic E-state index is 0.866. The van der Waals surface area contributed by atoms with E-state index >= 15 is 0 Å². The lowest BCUT2D eigenvalue weighted by molar-refractivity contribution is 0.669. The lowest BCUT2D eigenvalue weighted by Gasteiger charge is -2.28. The molecular weight excluding hydrogens is 679 g/mol. The lowest BCUT2D eigenvalue weighted by atomic mass is 9.95. The molecule has 1 heterocycles. The molecule has 0 aliphatic heterocycles. The zero-order valence-electron chi connectivity index (χ0n) is 30.6. The van der Waals surface area contributed by atoms with Crippen LogP contribution in [0.5, 0.6) is 0 Å². The summed E-state index contributed by atoms with van der Waals surface area (Å²) in [6.07, 6.45) is 0. The Hall–Kier alpha value is -7.42. The van der Waals surface area contributed by atoms with Crippen LogP contribution in [0.15, 0.2) is 217 Å². The Labute approximate surface area is 325 Å². The molecular formula is C54H35NO. The number of nitrogens with zero attached hydrogens (tertiary/aromatic N) is 1. The summed E-state index contributed by atoms with van der Waals surface area (Å²) in [6, 6.07) is 76.5. The largest absolute Gasteiger partial charge is 0.456 e. The molecule has 0 fully saturated rings. The highest BCUT2D eigenvalue weighted by Crippen LogP contribution is 2.46. The van der Waals surface area contributed by atoms with Crippen molar-refractivity contribution in [2.45, 2.75) is 0 Å². The number of para-hydroxylation sites is 2. The summed E-state index contributed by atoms with van der Waals surface area (Å²) in [4.78, 5) is 2.40. The van der Waals surface area contributed by atoms with Crippen molar-refractivity contribution in [1.29, 1.82) is 0 Å². The predicted octanol–water partition coefficient (Wildman–Crippen LogP) is 15.5. The third kappa shape index (κ3) is 5.34. The van der Waals surface area contributed by atoms with E-state index in [0.29, 0.717) is 0 Å². The molecule has 0 unspecified atom stereocenters. The van der Waals surface area contributed by atoms with Gasteiger partial charge in [0.2, 0.25) is 0 Å². The summed E-state index contributed by atoms with van der Waals surface area (Å²) in [6.45, 7) is 0. The van der Waals surface area contributed by atoms with Gasteiger partial charge in [0, 0.05) is 16.6 Å². The summed E-state index contributed by atoms with van der Waals surface area (Å²) in [7, 11) is 0. The number of furan rings is 1. The van der Waals surface area contributed by atoms with Gasteiger partial charge in [-0.2, -0.15) is 0 Å². The van der Waals surface area contributed by atoms with Crippen molar-refractivity contribution >= 4 is 71.3 Å². The molecule has 0 aliphatic rings. The number of hydrogen-bond acceptors (Lipinski definition) is 2. The highest BCUT2D eigenvalue weighted by atomic mass is 16.3. The van der Waals surface area contributed by atoms with E-state index in [-0.39, 0.29) is 0 Å². The third-order valence-corrected chi connectivity index (χ3v) is 11.3. The van der Waals surface area contributed by atoms with Crippen LogP contribution in [-0.2, 0) is 0 Å². The van der Waals surface area contributed by atoms with Gasteiger partial charge in [-0.1, -0.05) is 170 Å². The van der Waals surface area contributed by atoms with Gasteiger partial charge in [-0.15, -0.1) is 0 Å². The molecule has 0 aliphatic carbocycles. The minimum Gasteiger partial charge on any atom is -0.456 e. The minimum atomic E-state index is 0.866. The zero-order chi connectivity index (χ0) is 37.0. The Bertz CT molecular complexity index is 3240. The Morgan fingerprint density at radius 2 is 0.821 bits per heavy atom. The number of fused-ring (bicyclic) bond motifs is 7. The van der Waals surface area contributed by atoms with Gasteiger partial charge in [-0.05, 0) is 103 Å². The normalized spacial score (nSPS) is 11.6. The topological polar surface area (TPSA) is 16.4 Å². The molecule has 0 spiro atoms. The van der Waals surface area contributed by atoms with Gasteiger partial charge >= 0.3 is 0 Å². The molecule has 0 radical (unpaired) electrons. The maximum absolute atomic E-state index is 6.43. The first-order chi connectivity index (χ1) is 27.8. The molecule has 2 nitrogen and oxygen atoms in total. The standard InChI is InChI=1S/C54H35NO/c1-3-14-44-37(11-1)13-9-18-45(44)39-24-26-40(27-25-39)47-16-5-7-19-50(47)55(51-20-10-22-53-54(51)48-17-6-8-21-52(48)56-53)43-33-31-36(32-34-43)42-30-29-41-28-23-38-12-2-4-15-46(38)49(41)35-42/h1-35H. The molecule has 56 heavy (non-hydrogen) atoms. The smallest absolute Gasteiger partial charge is 0.137 e. The summed E-state index contributed by atoms with van der Waals surface area (Å²) < 4.78 is 6.43. The van der Waals surface area contributed by atoms with Crippen LogP contribution in [0.2, 0.25) is 0 Å². The van der Waals surface area contributed by atoms with Crippen LogP contribution in [0.4, 0.5) is 17.1 Å². The molecule has 0 saturated heterocycles. The fourth-order valence-electron chi connectivity index (χ4n) is 8.55. The van der Waals surface area contributed by atoms with Crippen LogP contribution < -0.4 is 4.90 Å². The Morgan fingerprint density at radius 3 is 1.64 bits per heavy atom. The fraction of sp³-hybridized carbons (Fsp3) is 0. The average Bonchev–Trinajstić information content (AvgIpc) is 3.66. The Kier molecular flexibility index (Phi) is 7.53. The van der Waals surface area contributed by atoms with Gasteiger partial charge in [-0.3, -0.25) is 0 Å². The number of benzene rings is 10. The van der Waals surface area contributed by atoms with Crippen molar-refractivity contribution in [3.63, 3.8) is 0 Å². The van der Waals surface area contributed by atoms with Gasteiger partial charge in [0.25, 0.3) is 0 Å². The van der Waals surface area contributed by atoms with Crippen molar-refractivity contribution < 1.29 is 4.42 Å². The van der Waals surface area contributed by atoms with E-state index in [4.69, 9.17) is 4.42 Å². The van der Waals surface area contributed by atoms with E-state index in [0.717, 1.165) is 50.1 Å². The summed E-state index contributed by atoms with van der Waals surface area (Å²) in [5, 5.41) is 9.74. The highest BCUT2D eigenvalue weighted by molar-refractivity contribution is 6.14. The van der Waals surface area contributed by atoms with E-state index in [1.165, 1.54) is 54.6 Å². The van der Waals surface area contributed by atoms with Crippen LogP contribution in [0.25, 0.3) is 87.6 Å². The van der Waals surface area contributed by atoms with Gasteiger partial charge in [-0.25, -0.2) is 0 Å². The average molecular weight is 714 g/mol. The van der Waals surface area contributed by atoms with Gasteiger partial charge in [0.05, 0.1) is 16.8 Å². The van der Waals surface area contributed by atoms with Crippen molar-refractivity contribution in [2.24, 2.45) is 0 Å². The number of hydrogen-bond donors (Lipinski definition) is 0. The van der Waals surface area contributed by atoms with Crippen LogP contribution >= 0.6 is 0 Å². The van der Waals surface area contributed by atoms with Crippen molar-refractivity contribution in [1.82, 2.24) is 0 Å². The van der Waals surface area contributed by atoms with E-state index in [1.54, 1.807) is 0 Å². The summed E-state index contributed by atoms with van der Waals surface area (Å²) in [5.74, 6) is 0. The summed E-state index contributed by atoms with van der Waals surface area (Å²) in [5.41, 5.74) is 12.1. The highest BCUT2D eigenvalue weighted by Gasteiger charge is 2.22. The SMILES string of the molecule is c1ccc(N(c2ccc(-c3ccc4ccc5ccccc5c4c3)cc2)c2cccc3oc4ccccc4c23)c(-c2ccc(-c3cccc4ccccc34)cc2)c1. The second-order valence-corrected chi connectivity index (χ2v) is 14.5. The van der Waals surface area contributed by atoms with Gasteiger partial charge < -0.3 is 9.32 Å². The first-order valence-electron chi connectivity index (χ1n) is 19.2. The molecule has 2 heteroatoms. The van der Waals surface area contributed by atoms with Gasteiger partial charge in [0.1, 0.15) is 11.2 Å². The lowest BCUT2D eigenvalue weighted by Crippen LogP contribution is -2.11. The quantitative estimate of drug-likeness (QED) is 0.160. The fourth-order valence-corrected chi connectivity index (χ4v) is 8.55. The predicted molar refractivity (Wildman–Crippen MR) is 237 cm³/mol. The maximum Gasteiger partial charge on any atom is 0.137 e. The molecule has 0 saturated carbocycles. The van der Waals surface area contributed by atoms with E-state index in [9.17, 15) is 0 Å². The molecule has 10 aromatic carbocycles. The zero-order valence-corrected chi connectivity index (χ0v) is 30.6. The van der Waals surface area contributed by atoms with Crippen LogP contribution in [0.1, 0.15) is 0 Å². The molecule has 0 atom stereocenters. The first-order valence-corrected chi connectivity index (χ1v) is 19.2. The van der Waals surface area contributed by atoms with Crippen molar-refractivity contribution in [2.75, 3.05) is 4.90 Å². The third-order valence-electron chi connectivity index (χ3n) is 11.3. The number of anilines is 3.